The number of aldehydes is 1. The maximum atomic E-state index is 12.1. The van der Waals surface area contributed by atoms with E-state index in [1.54, 1.807) is 12.1 Å². The van der Waals surface area contributed by atoms with Crippen LogP contribution >= 0.6 is 0 Å². The predicted octanol–water partition coefficient (Wildman–Crippen LogP) is 1.69. The van der Waals surface area contributed by atoms with E-state index in [9.17, 15) is 14.7 Å². The molecule has 0 radical (unpaired) electrons. The second-order valence-corrected chi connectivity index (χ2v) is 4.93. The van der Waals surface area contributed by atoms with Crippen LogP contribution in [-0.2, 0) is 11.2 Å². The molecule has 6 nitrogen and oxygen atoms in total. The molecule has 2 rings (SSSR count). The van der Waals surface area contributed by atoms with Crippen LogP contribution in [0.5, 0.6) is 17.2 Å². The molecule has 0 aliphatic rings. The predicted molar refractivity (Wildman–Crippen MR) is 83.8 cm³/mol. The van der Waals surface area contributed by atoms with Gasteiger partial charge in [-0.3, -0.25) is 4.79 Å². The molecule has 0 amide bonds. The van der Waals surface area contributed by atoms with Gasteiger partial charge in [-0.15, -0.1) is 0 Å². The van der Waals surface area contributed by atoms with Crippen LogP contribution < -0.4 is 15.2 Å². The molecule has 2 aromatic rings. The zero-order chi connectivity index (χ0) is 16.8. The van der Waals surface area contributed by atoms with Gasteiger partial charge in [0.2, 0.25) is 0 Å². The molecule has 0 saturated carbocycles. The summed E-state index contributed by atoms with van der Waals surface area (Å²) >= 11 is 0. The van der Waals surface area contributed by atoms with E-state index in [1.165, 1.54) is 37.4 Å². The van der Waals surface area contributed by atoms with Gasteiger partial charge in [0.05, 0.1) is 7.11 Å². The van der Waals surface area contributed by atoms with Crippen LogP contribution in [0.2, 0.25) is 0 Å². The van der Waals surface area contributed by atoms with Crippen molar-refractivity contribution in [3.8, 4) is 17.2 Å². The summed E-state index contributed by atoms with van der Waals surface area (Å²) in [6.07, 6.45) is 0.943. The number of benzene rings is 2. The van der Waals surface area contributed by atoms with Gasteiger partial charge >= 0.3 is 5.97 Å². The minimum absolute atomic E-state index is 0.143. The van der Waals surface area contributed by atoms with Gasteiger partial charge in [0.25, 0.3) is 0 Å². The molecular weight excluding hydrogens is 298 g/mol. The van der Waals surface area contributed by atoms with Crippen molar-refractivity contribution in [1.82, 2.24) is 0 Å². The number of carbonyl (C=O) groups excluding carboxylic acids is 2. The molecule has 0 spiro atoms. The molecule has 0 aliphatic carbocycles. The van der Waals surface area contributed by atoms with Crippen LogP contribution in [0.1, 0.15) is 15.9 Å². The molecule has 120 valence electrons. The van der Waals surface area contributed by atoms with Gasteiger partial charge in [-0.05, 0) is 42.3 Å². The van der Waals surface area contributed by atoms with Crippen LogP contribution in [-0.4, -0.2) is 30.5 Å². The lowest BCUT2D eigenvalue weighted by Crippen LogP contribution is -2.36. The molecular formula is C17H17NO5. The molecule has 23 heavy (non-hydrogen) atoms. The van der Waals surface area contributed by atoms with Gasteiger partial charge in [0, 0.05) is 5.56 Å². The molecule has 0 aromatic heterocycles. The number of phenolic OH excluding ortho intramolecular Hbond substituents is 1. The van der Waals surface area contributed by atoms with Crippen LogP contribution in [0.15, 0.2) is 42.5 Å². The zero-order valence-electron chi connectivity index (χ0n) is 12.6. The summed E-state index contributed by atoms with van der Waals surface area (Å²) in [5.41, 5.74) is 7.06. The number of hydrogen-bond acceptors (Lipinski definition) is 6. The van der Waals surface area contributed by atoms with Crippen molar-refractivity contribution < 1.29 is 24.2 Å². The molecule has 0 fully saturated rings. The molecule has 6 heteroatoms. The Morgan fingerprint density at radius 1 is 1.22 bits per heavy atom. The third kappa shape index (κ3) is 4.31. The van der Waals surface area contributed by atoms with E-state index in [0.29, 0.717) is 11.8 Å². The first-order valence-corrected chi connectivity index (χ1v) is 6.92. The summed E-state index contributed by atoms with van der Waals surface area (Å²) in [6, 6.07) is 10.0. The molecule has 0 bridgehead atoms. The normalized spacial score (nSPS) is 11.6. The van der Waals surface area contributed by atoms with Crippen molar-refractivity contribution in [3.05, 3.63) is 53.6 Å². The fourth-order valence-corrected chi connectivity index (χ4v) is 2.00. The van der Waals surface area contributed by atoms with E-state index in [1.807, 2.05) is 0 Å². The number of ether oxygens (including phenoxy) is 2. The number of methoxy groups -OCH3 is 1. The minimum atomic E-state index is -0.866. The Labute approximate surface area is 133 Å². The summed E-state index contributed by atoms with van der Waals surface area (Å²) in [4.78, 5) is 22.8. The van der Waals surface area contributed by atoms with Gasteiger partial charge in [-0.25, -0.2) is 4.79 Å². The highest BCUT2D eigenvalue weighted by Crippen LogP contribution is 2.28. The largest absolute Gasteiger partial charge is 0.508 e. The van der Waals surface area contributed by atoms with Crippen molar-refractivity contribution in [3.63, 3.8) is 0 Å². The number of hydrogen-bond donors (Lipinski definition) is 2. The van der Waals surface area contributed by atoms with Crippen LogP contribution in [0.4, 0.5) is 0 Å². The van der Waals surface area contributed by atoms with E-state index in [4.69, 9.17) is 15.2 Å². The Balaban J connectivity index is 2.06. The highest BCUT2D eigenvalue weighted by molar-refractivity contribution is 5.80. The molecule has 2 aromatic carbocycles. The Morgan fingerprint density at radius 2 is 1.91 bits per heavy atom. The number of rotatable bonds is 6. The van der Waals surface area contributed by atoms with Gasteiger partial charge in [0.1, 0.15) is 18.1 Å². The van der Waals surface area contributed by atoms with Gasteiger partial charge in [-0.1, -0.05) is 12.1 Å². The van der Waals surface area contributed by atoms with Gasteiger partial charge in [-0.2, -0.15) is 0 Å². The Bertz CT molecular complexity index is 697. The maximum absolute atomic E-state index is 12.1. The smallest absolute Gasteiger partial charge is 0.328 e. The lowest BCUT2D eigenvalue weighted by molar-refractivity contribution is -0.135. The van der Waals surface area contributed by atoms with Crippen LogP contribution in [0.3, 0.4) is 0 Å². The third-order valence-corrected chi connectivity index (χ3v) is 3.23. The molecule has 3 N–H and O–H groups in total. The fraction of sp³-hybridized carbons (Fsp3) is 0.176. The van der Waals surface area contributed by atoms with Gasteiger partial charge in [0.15, 0.2) is 11.5 Å². The van der Waals surface area contributed by atoms with Crippen molar-refractivity contribution in [1.29, 1.82) is 0 Å². The summed E-state index contributed by atoms with van der Waals surface area (Å²) in [6.45, 7) is 0. The van der Waals surface area contributed by atoms with Crippen molar-refractivity contribution in [2.45, 2.75) is 12.5 Å². The molecule has 0 saturated heterocycles. The zero-order valence-corrected chi connectivity index (χ0v) is 12.6. The van der Waals surface area contributed by atoms with Crippen molar-refractivity contribution in [2.24, 2.45) is 5.73 Å². The first kappa shape index (κ1) is 16.5. The Kier molecular flexibility index (Phi) is 5.32. The average Bonchev–Trinajstić information content (AvgIpc) is 2.57. The van der Waals surface area contributed by atoms with E-state index >= 15 is 0 Å². The summed E-state index contributed by atoms with van der Waals surface area (Å²) < 4.78 is 10.3. The van der Waals surface area contributed by atoms with E-state index < -0.39 is 12.0 Å². The van der Waals surface area contributed by atoms with Crippen LogP contribution in [0.25, 0.3) is 0 Å². The van der Waals surface area contributed by atoms with E-state index in [-0.39, 0.29) is 23.7 Å². The fourth-order valence-electron chi connectivity index (χ4n) is 2.00. The summed E-state index contributed by atoms with van der Waals surface area (Å²) in [5, 5.41) is 9.23. The summed E-state index contributed by atoms with van der Waals surface area (Å²) in [5.74, 6) is 0.00386. The molecule has 0 aliphatic heterocycles. The second kappa shape index (κ2) is 7.42. The molecule has 1 atom stereocenters. The maximum Gasteiger partial charge on any atom is 0.328 e. The van der Waals surface area contributed by atoms with Crippen LogP contribution in [0, 0.1) is 0 Å². The third-order valence-electron chi connectivity index (χ3n) is 3.23. The lowest BCUT2D eigenvalue weighted by atomic mass is 10.1. The summed E-state index contributed by atoms with van der Waals surface area (Å²) in [7, 11) is 1.41. The molecule has 0 heterocycles. The lowest BCUT2D eigenvalue weighted by Gasteiger charge is -2.13. The SMILES string of the molecule is COc1cc(C=O)ccc1OC(=O)[C@@H](N)Cc1ccc(O)cc1. The number of aromatic hydroxyl groups is 1. The highest BCUT2D eigenvalue weighted by atomic mass is 16.6. The van der Waals surface area contributed by atoms with Crippen molar-refractivity contribution in [2.75, 3.05) is 7.11 Å². The number of carbonyl (C=O) groups is 2. The standard InChI is InChI=1S/C17H17NO5/c1-22-16-9-12(10-19)4-7-15(16)23-17(21)14(18)8-11-2-5-13(20)6-3-11/h2-7,9-10,14,20H,8,18H2,1H3/t14-/m0/s1. The van der Waals surface area contributed by atoms with E-state index in [2.05, 4.69) is 0 Å². The number of esters is 1. The monoisotopic (exact) mass is 315 g/mol. The topological polar surface area (TPSA) is 98.9 Å². The van der Waals surface area contributed by atoms with E-state index in [0.717, 1.165) is 5.56 Å². The average molecular weight is 315 g/mol. The second-order valence-electron chi connectivity index (χ2n) is 4.93. The van der Waals surface area contributed by atoms with Gasteiger partial charge < -0.3 is 20.3 Å². The minimum Gasteiger partial charge on any atom is -0.508 e. The Hall–Kier alpha value is -2.86. The highest BCUT2D eigenvalue weighted by Gasteiger charge is 2.18. The number of nitrogens with two attached hydrogens (primary N) is 1. The quantitative estimate of drug-likeness (QED) is 0.478. The Morgan fingerprint density at radius 3 is 2.52 bits per heavy atom. The van der Waals surface area contributed by atoms with Crippen molar-refractivity contribution >= 4 is 12.3 Å². The molecule has 0 unspecified atom stereocenters. The number of phenols is 1. The first-order valence-electron chi connectivity index (χ1n) is 6.92. The first-order chi connectivity index (χ1) is 11.0.